The van der Waals surface area contributed by atoms with Gasteiger partial charge in [0.25, 0.3) is 0 Å². The Morgan fingerprint density at radius 1 is 1.31 bits per heavy atom. The molecule has 0 radical (unpaired) electrons. The third-order valence-corrected chi connectivity index (χ3v) is 1.88. The second-order valence-electron chi connectivity index (χ2n) is 3.22. The van der Waals surface area contributed by atoms with Gasteiger partial charge in [-0.15, -0.1) is 0 Å². The summed E-state index contributed by atoms with van der Waals surface area (Å²) in [5.74, 6) is 0. The molecular formula is C10H11ClO2. The Kier molecular flexibility index (Phi) is 2.94. The first-order valence-electron chi connectivity index (χ1n) is 3.96. The zero-order chi connectivity index (χ0) is 9.90. The second kappa shape index (κ2) is 3.79. The predicted molar refractivity (Wildman–Crippen MR) is 51.8 cm³/mol. The van der Waals surface area contributed by atoms with E-state index >= 15 is 0 Å². The van der Waals surface area contributed by atoms with Crippen LogP contribution in [0.3, 0.4) is 0 Å². The molecule has 0 fully saturated rings. The first-order chi connectivity index (χ1) is 6.02. The van der Waals surface area contributed by atoms with Crippen LogP contribution in [0, 0.1) is 0 Å². The molecule has 3 heteroatoms. The lowest BCUT2D eigenvalue weighted by Gasteiger charge is -2.23. The summed E-state index contributed by atoms with van der Waals surface area (Å²) >= 11 is 5.15. The fourth-order valence-corrected chi connectivity index (χ4v) is 1.29. The van der Waals surface area contributed by atoms with Crippen LogP contribution in [-0.2, 0) is 10.3 Å². The number of ether oxygens (including phenoxy) is 1. The summed E-state index contributed by atoms with van der Waals surface area (Å²) in [5, 5.41) is 0. The molecule has 0 spiro atoms. The third-order valence-electron chi connectivity index (χ3n) is 1.80. The molecule has 0 aliphatic rings. The van der Waals surface area contributed by atoms with E-state index in [1.165, 1.54) is 0 Å². The summed E-state index contributed by atoms with van der Waals surface area (Å²) in [4.78, 5) is 10.6. The van der Waals surface area contributed by atoms with Crippen LogP contribution in [0.2, 0.25) is 0 Å². The molecule has 0 aromatic heterocycles. The van der Waals surface area contributed by atoms with E-state index in [1.807, 2.05) is 30.3 Å². The van der Waals surface area contributed by atoms with Gasteiger partial charge in [-0.05, 0) is 19.4 Å². The predicted octanol–water partition coefficient (Wildman–Crippen LogP) is 3.30. The van der Waals surface area contributed by atoms with Crippen molar-refractivity contribution in [2.45, 2.75) is 19.4 Å². The van der Waals surface area contributed by atoms with E-state index in [4.69, 9.17) is 16.3 Å². The maximum absolute atomic E-state index is 10.6. The molecule has 1 aromatic rings. The number of halogens is 1. The van der Waals surface area contributed by atoms with Gasteiger partial charge in [0.15, 0.2) is 0 Å². The Labute approximate surface area is 82.5 Å². The van der Waals surface area contributed by atoms with Gasteiger partial charge in [0, 0.05) is 11.6 Å². The van der Waals surface area contributed by atoms with E-state index in [0.717, 1.165) is 5.56 Å². The van der Waals surface area contributed by atoms with Crippen molar-refractivity contribution in [3.05, 3.63) is 35.9 Å². The molecular weight excluding hydrogens is 188 g/mol. The molecule has 1 aromatic carbocycles. The largest absolute Gasteiger partial charge is 0.443 e. The summed E-state index contributed by atoms with van der Waals surface area (Å²) < 4.78 is 4.95. The van der Waals surface area contributed by atoms with Crippen molar-refractivity contribution in [2.24, 2.45) is 0 Å². The summed E-state index contributed by atoms with van der Waals surface area (Å²) in [6.07, 6.45) is 0. The first-order valence-corrected chi connectivity index (χ1v) is 4.34. The highest BCUT2D eigenvalue weighted by Gasteiger charge is 2.23. The molecule has 0 bridgehead atoms. The molecule has 13 heavy (non-hydrogen) atoms. The average Bonchev–Trinajstić information content (AvgIpc) is 2.04. The molecule has 0 N–H and O–H groups in total. The van der Waals surface area contributed by atoms with E-state index < -0.39 is 11.0 Å². The van der Waals surface area contributed by atoms with Gasteiger partial charge in [-0.2, -0.15) is 0 Å². The summed E-state index contributed by atoms with van der Waals surface area (Å²) in [6.45, 7) is 3.59. The number of hydrogen-bond acceptors (Lipinski definition) is 2. The van der Waals surface area contributed by atoms with Crippen LogP contribution in [0.15, 0.2) is 30.3 Å². The lowest BCUT2D eigenvalue weighted by atomic mass is 9.98. The third kappa shape index (κ3) is 2.74. The fourth-order valence-electron chi connectivity index (χ4n) is 1.10. The van der Waals surface area contributed by atoms with E-state index in [0.29, 0.717) is 0 Å². The van der Waals surface area contributed by atoms with Crippen molar-refractivity contribution in [3.8, 4) is 0 Å². The maximum Gasteiger partial charge on any atom is 0.404 e. The van der Waals surface area contributed by atoms with Crippen molar-refractivity contribution in [1.82, 2.24) is 0 Å². The molecule has 0 unspecified atom stereocenters. The minimum absolute atomic E-state index is 0.667. The molecule has 0 saturated carbocycles. The van der Waals surface area contributed by atoms with E-state index in [-0.39, 0.29) is 0 Å². The van der Waals surface area contributed by atoms with Gasteiger partial charge in [0.05, 0.1) is 0 Å². The monoisotopic (exact) mass is 198 g/mol. The van der Waals surface area contributed by atoms with Crippen LogP contribution in [-0.4, -0.2) is 5.43 Å². The highest BCUT2D eigenvalue weighted by molar-refractivity contribution is 6.61. The van der Waals surface area contributed by atoms with Crippen molar-refractivity contribution in [2.75, 3.05) is 0 Å². The van der Waals surface area contributed by atoms with E-state index in [9.17, 15) is 4.79 Å². The molecule has 0 aliphatic heterocycles. The van der Waals surface area contributed by atoms with E-state index in [1.54, 1.807) is 13.8 Å². The normalized spacial score (nSPS) is 11.0. The first kappa shape index (κ1) is 10.1. The van der Waals surface area contributed by atoms with Crippen LogP contribution >= 0.6 is 11.6 Å². The Morgan fingerprint density at radius 3 is 2.31 bits per heavy atom. The van der Waals surface area contributed by atoms with Crippen LogP contribution in [0.5, 0.6) is 0 Å². The van der Waals surface area contributed by atoms with Crippen molar-refractivity contribution in [1.29, 1.82) is 0 Å². The maximum atomic E-state index is 10.6. The van der Waals surface area contributed by atoms with Gasteiger partial charge in [-0.3, -0.25) is 0 Å². The minimum atomic E-state index is -0.783. The Bertz CT molecular complexity index is 293. The fraction of sp³-hybridized carbons (Fsp3) is 0.300. The van der Waals surface area contributed by atoms with Crippen molar-refractivity contribution in [3.63, 3.8) is 0 Å². The Hall–Kier alpha value is -1.02. The SMILES string of the molecule is CC(C)(OC(=O)Cl)c1ccccc1. The molecule has 0 aliphatic carbocycles. The topological polar surface area (TPSA) is 26.3 Å². The molecule has 0 saturated heterocycles. The Morgan fingerprint density at radius 2 is 1.85 bits per heavy atom. The van der Waals surface area contributed by atoms with Crippen LogP contribution in [0.1, 0.15) is 19.4 Å². The molecule has 0 heterocycles. The van der Waals surface area contributed by atoms with Gasteiger partial charge < -0.3 is 4.74 Å². The number of benzene rings is 1. The number of rotatable bonds is 2. The Balaban J connectivity index is 2.87. The smallest absolute Gasteiger partial charge is 0.404 e. The number of carbonyl (C=O) groups excluding carboxylic acids is 1. The second-order valence-corrected chi connectivity index (χ2v) is 3.52. The van der Waals surface area contributed by atoms with Crippen molar-refractivity contribution < 1.29 is 9.53 Å². The summed E-state index contributed by atoms with van der Waals surface area (Å²) in [6, 6.07) is 9.46. The average molecular weight is 199 g/mol. The zero-order valence-corrected chi connectivity index (χ0v) is 8.34. The van der Waals surface area contributed by atoms with Gasteiger partial charge >= 0.3 is 5.43 Å². The number of carbonyl (C=O) groups is 1. The van der Waals surface area contributed by atoms with Crippen LogP contribution in [0.4, 0.5) is 4.79 Å². The van der Waals surface area contributed by atoms with Crippen LogP contribution in [0.25, 0.3) is 0 Å². The number of hydrogen-bond donors (Lipinski definition) is 0. The van der Waals surface area contributed by atoms with Crippen LogP contribution < -0.4 is 0 Å². The molecule has 70 valence electrons. The van der Waals surface area contributed by atoms with Gasteiger partial charge in [0.1, 0.15) is 5.60 Å². The molecule has 1 rings (SSSR count). The lowest BCUT2D eigenvalue weighted by molar-refractivity contribution is 0.0551. The standard InChI is InChI=1S/C10H11ClO2/c1-10(2,13-9(11)12)8-6-4-3-5-7-8/h3-7H,1-2H3. The quantitative estimate of drug-likeness (QED) is 0.682. The van der Waals surface area contributed by atoms with Gasteiger partial charge in [0.2, 0.25) is 0 Å². The van der Waals surface area contributed by atoms with E-state index in [2.05, 4.69) is 0 Å². The van der Waals surface area contributed by atoms with Gasteiger partial charge in [-0.1, -0.05) is 30.3 Å². The summed E-state index contributed by atoms with van der Waals surface area (Å²) in [7, 11) is 0. The molecule has 0 atom stereocenters. The molecule has 2 nitrogen and oxygen atoms in total. The zero-order valence-electron chi connectivity index (χ0n) is 7.58. The highest BCUT2D eigenvalue weighted by atomic mass is 35.5. The van der Waals surface area contributed by atoms with Gasteiger partial charge in [-0.25, -0.2) is 4.79 Å². The lowest BCUT2D eigenvalue weighted by Crippen LogP contribution is -2.22. The summed E-state index contributed by atoms with van der Waals surface area (Å²) in [5.41, 5.74) is -0.530. The van der Waals surface area contributed by atoms with Crippen molar-refractivity contribution >= 4 is 17.0 Å². The minimum Gasteiger partial charge on any atom is -0.443 e. The molecule has 0 amide bonds. The highest BCUT2D eigenvalue weighted by Crippen LogP contribution is 2.24.